The topological polar surface area (TPSA) is 67.6 Å². The monoisotopic (exact) mass is 335 g/mol. The quantitative estimate of drug-likeness (QED) is 0.928. The number of hydrogen-bond acceptors (Lipinski definition) is 4. The summed E-state index contributed by atoms with van der Waals surface area (Å²) in [5, 5.41) is 18.3. The van der Waals surface area contributed by atoms with Crippen molar-refractivity contribution in [2.45, 2.75) is 13.2 Å². The number of hydrogen-bond donors (Lipinski definition) is 1. The van der Waals surface area contributed by atoms with Crippen molar-refractivity contribution in [1.29, 1.82) is 5.26 Å². The van der Waals surface area contributed by atoms with Crippen LogP contribution in [0, 0.1) is 11.3 Å². The van der Waals surface area contributed by atoms with Gasteiger partial charge in [0.05, 0.1) is 18.2 Å². The van der Waals surface area contributed by atoms with Crippen LogP contribution < -0.4 is 0 Å². The first kappa shape index (κ1) is 17.2. The van der Waals surface area contributed by atoms with E-state index < -0.39 is 0 Å². The first-order chi connectivity index (χ1) is 12.2. The van der Waals surface area contributed by atoms with Crippen LogP contribution in [0.2, 0.25) is 0 Å². The molecule has 2 aromatic rings. The third-order valence-corrected chi connectivity index (χ3v) is 4.60. The fourth-order valence-corrected chi connectivity index (χ4v) is 3.09. The van der Waals surface area contributed by atoms with E-state index in [2.05, 4.69) is 11.0 Å². The van der Waals surface area contributed by atoms with E-state index in [0.29, 0.717) is 24.2 Å². The van der Waals surface area contributed by atoms with E-state index in [9.17, 15) is 9.90 Å². The fraction of sp³-hybridized carbons (Fsp3) is 0.300. The molecule has 1 heterocycles. The molecule has 0 unspecified atom stereocenters. The van der Waals surface area contributed by atoms with Gasteiger partial charge in [-0.2, -0.15) is 5.26 Å². The highest BCUT2D eigenvalue weighted by Gasteiger charge is 2.22. The largest absolute Gasteiger partial charge is 0.392 e. The summed E-state index contributed by atoms with van der Waals surface area (Å²) in [6, 6.07) is 16.7. The molecule has 5 heteroatoms. The lowest BCUT2D eigenvalue weighted by molar-refractivity contribution is 0.0628. The van der Waals surface area contributed by atoms with E-state index in [4.69, 9.17) is 5.26 Å². The fourth-order valence-electron chi connectivity index (χ4n) is 3.09. The third-order valence-electron chi connectivity index (χ3n) is 4.60. The molecule has 0 saturated carbocycles. The van der Waals surface area contributed by atoms with Crippen LogP contribution in [0.5, 0.6) is 0 Å². The smallest absolute Gasteiger partial charge is 0.253 e. The average Bonchev–Trinajstić information content (AvgIpc) is 2.68. The van der Waals surface area contributed by atoms with E-state index in [1.807, 2.05) is 29.2 Å². The van der Waals surface area contributed by atoms with Crippen LogP contribution >= 0.6 is 0 Å². The molecule has 1 aliphatic rings. The van der Waals surface area contributed by atoms with Crippen molar-refractivity contribution >= 4 is 5.91 Å². The van der Waals surface area contributed by atoms with E-state index in [0.717, 1.165) is 30.8 Å². The summed E-state index contributed by atoms with van der Waals surface area (Å²) in [7, 11) is 0. The van der Waals surface area contributed by atoms with Gasteiger partial charge in [-0.05, 0) is 35.4 Å². The van der Waals surface area contributed by atoms with Crippen molar-refractivity contribution in [3.63, 3.8) is 0 Å². The second-order valence-electron chi connectivity index (χ2n) is 6.18. The Balaban J connectivity index is 1.58. The van der Waals surface area contributed by atoms with E-state index in [1.165, 1.54) is 0 Å². The summed E-state index contributed by atoms with van der Waals surface area (Å²) in [5.74, 6) is 0.0138. The molecule has 1 saturated heterocycles. The second kappa shape index (κ2) is 7.93. The van der Waals surface area contributed by atoms with Gasteiger partial charge in [0, 0.05) is 38.3 Å². The zero-order valence-corrected chi connectivity index (χ0v) is 14.1. The number of aliphatic hydroxyl groups is 1. The number of aliphatic hydroxyl groups excluding tert-OH is 1. The zero-order valence-electron chi connectivity index (χ0n) is 14.1. The molecule has 3 rings (SSSR count). The van der Waals surface area contributed by atoms with Gasteiger partial charge in [0.1, 0.15) is 0 Å². The van der Waals surface area contributed by atoms with Crippen molar-refractivity contribution < 1.29 is 9.90 Å². The lowest BCUT2D eigenvalue weighted by Crippen LogP contribution is -2.48. The Morgan fingerprint density at radius 2 is 1.64 bits per heavy atom. The number of carbonyl (C=O) groups excluding carboxylic acids is 1. The number of carbonyl (C=O) groups is 1. The van der Waals surface area contributed by atoms with Crippen molar-refractivity contribution in [1.82, 2.24) is 9.80 Å². The Bertz CT molecular complexity index is 772. The van der Waals surface area contributed by atoms with E-state index in [1.54, 1.807) is 24.3 Å². The van der Waals surface area contributed by atoms with Crippen LogP contribution in [0.4, 0.5) is 0 Å². The lowest BCUT2D eigenvalue weighted by atomic mass is 10.1. The minimum atomic E-state index is 0.0138. The summed E-state index contributed by atoms with van der Waals surface area (Å²) < 4.78 is 0. The molecule has 0 aromatic heterocycles. The second-order valence-corrected chi connectivity index (χ2v) is 6.18. The predicted octanol–water partition coefficient (Wildman–Crippen LogP) is 2.01. The number of nitriles is 1. The van der Waals surface area contributed by atoms with Gasteiger partial charge in [0.25, 0.3) is 5.91 Å². The van der Waals surface area contributed by atoms with E-state index in [-0.39, 0.29) is 12.5 Å². The van der Waals surface area contributed by atoms with Gasteiger partial charge in [0.2, 0.25) is 0 Å². The highest BCUT2D eigenvalue weighted by atomic mass is 16.3. The molecule has 2 aromatic carbocycles. The standard InChI is InChI=1S/C20H21N3O2/c21-13-16-5-7-17(8-6-16)20(25)23-11-9-22(10-12-23)14-18-3-1-2-4-19(18)15-24/h1-8,24H,9-12,14-15H2. The van der Waals surface area contributed by atoms with Crippen molar-refractivity contribution in [3.05, 3.63) is 70.8 Å². The molecular formula is C20H21N3O2. The molecule has 0 radical (unpaired) electrons. The maximum atomic E-state index is 12.6. The summed E-state index contributed by atoms with van der Waals surface area (Å²) in [4.78, 5) is 16.7. The minimum absolute atomic E-state index is 0.0138. The van der Waals surface area contributed by atoms with Gasteiger partial charge < -0.3 is 10.0 Å². The Labute approximate surface area is 147 Å². The van der Waals surface area contributed by atoms with Gasteiger partial charge in [0.15, 0.2) is 0 Å². The number of piperazine rings is 1. The van der Waals surface area contributed by atoms with Gasteiger partial charge >= 0.3 is 0 Å². The molecule has 1 amide bonds. The molecule has 0 spiro atoms. The molecule has 1 N–H and O–H groups in total. The first-order valence-corrected chi connectivity index (χ1v) is 8.40. The van der Waals surface area contributed by atoms with Crippen LogP contribution in [-0.2, 0) is 13.2 Å². The molecule has 0 atom stereocenters. The highest BCUT2D eigenvalue weighted by Crippen LogP contribution is 2.15. The van der Waals surface area contributed by atoms with Crippen LogP contribution in [0.25, 0.3) is 0 Å². The van der Waals surface area contributed by atoms with Gasteiger partial charge in [-0.25, -0.2) is 0 Å². The molecule has 25 heavy (non-hydrogen) atoms. The van der Waals surface area contributed by atoms with Crippen molar-refractivity contribution in [2.24, 2.45) is 0 Å². The molecule has 5 nitrogen and oxygen atoms in total. The molecule has 1 fully saturated rings. The van der Waals surface area contributed by atoms with Crippen molar-refractivity contribution in [3.8, 4) is 6.07 Å². The summed E-state index contributed by atoms with van der Waals surface area (Å²) in [6.07, 6.45) is 0. The normalized spacial score (nSPS) is 15.0. The number of nitrogens with zero attached hydrogens (tertiary/aromatic N) is 3. The molecule has 0 aliphatic carbocycles. The lowest BCUT2D eigenvalue weighted by Gasteiger charge is -2.35. The number of rotatable bonds is 4. The maximum Gasteiger partial charge on any atom is 0.253 e. The van der Waals surface area contributed by atoms with Crippen molar-refractivity contribution in [2.75, 3.05) is 26.2 Å². The van der Waals surface area contributed by atoms with Crippen LogP contribution in [0.3, 0.4) is 0 Å². The summed E-state index contributed by atoms with van der Waals surface area (Å²) in [6.45, 7) is 3.81. The Hall–Kier alpha value is -2.68. The van der Waals surface area contributed by atoms with Crippen LogP contribution in [0.1, 0.15) is 27.0 Å². The molecule has 0 bridgehead atoms. The number of benzene rings is 2. The molecular weight excluding hydrogens is 314 g/mol. The Morgan fingerprint density at radius 3 is 2.24 bits per heavy atom. The maximum absolute atomic E-state index is 12.6. The highest BCUT2D eigenvalue weighted by molar-refractivity contribution is 5.94. The number of amides is 1. The zero-order chi connectivity index (χ0) is 17.6. The summed E-state index contributed by atoms with van der Waals surface area (Å²) in [5.41, 5.74) is 3.28. The molecule has 128 valence electrons. The first-order valence-electron chi connectivity index (χ1n) is 8.40. The Kier molecular flexibility index (Phi) is 5.44. The molecule has 1 aliphatic heterocycles. The van der Waals surface area contributed by atoms with Crippen LogP contribution in [0.15, 0.2) is 48.5 Å². The van der Waals surface area contributed by atoms with Crippen LogP contribution in [-0.4, -0.2) is 47.0 Å². The minimum Gasteiger partial charge on any atom is -0.392 e. The Morgan fingerprint density at radius 1 is 1.00 bits per heavy atom. The average molecular weight is 335 g/mol. The van der Waals surface area contributed by atoms with Gasteiger partial charge in [-0.3, -0.25) is 9.69 Å². The van der Waals surface area contributed by atoms with Gasteiger partial charge in [-0.15, -0.1) is 0 Å². The van der Waals surface area contributed by atoms with E-state index >= 15 is 0 Å². The summed E-state index contributed by atoms with van der Waals surface area (Å²) >= 11 is 0. The predicted molar refractivity (Wildman–Crippen MR) is 94.7 cm³/mol. The third kappa shape index (κ3) is 4.05. The van der Waals surface area contributed by atoms with Gasteiger partial charge in [-0.1, -0.05) is 24.3 Å². The SMILES string of the molecule is N#Cc1ccc(C(=O)N2CCN(Cc3ccccc3CO)CC2)cc1.